The maximum atomic E-state index is 12.2. The van der Waals surface area contributed by atoms with Gasteiger partial charge in [-0.3, -0.25) is 4.79 Å². The van der Waals surface area contributed by atoms with Crippen LogP contribution >= 0.6 is 0 Å². The molecular formula is C16H30N2O. The van der Waals surface area contributed by atoms with Crippen LogP contribution in [0.5, 0.6) is 0 Å². The maximum absolute atomic E-state index is 12.2. The highest BCUT2D eigenvalue weighted by Crippen LogP contribution is 2.27. The molecule has 1 aliphatic carbocycles. The number of piperidine rings is 1. The van der Waals surface area contributed by atoms with E-state index >= 15 is 0 Å². The van der Waals surface area contributed by atoms with Gasteiger partial charge < -0.3 is 10.2 Å². The van der Waals surface area contributed by atoms with Crippen LogP contribution in [0.3, 0.4) is 0 Å². The van der Waals surface area contributed by atoms with Gasteiger partial charge in [0.25, 0.3) is 0 Å². The molecule has 110 valence electrons. The fraction of sp³-hybridized carbons (Fsp3) is 0.938. The standard InChI is InChI=1S/C16H30N2O/c1-18(15-10-12-17-13-11-15)16(19)9-5-8-14-6-3-2-4-7-14/h14-15,17H,2-13H2,1H3. The second kappa shape index (κ2) is 7.88. The lowest BCUT2D eigenvalue weighted by Crippen LogP contribution is -2.43. The van der Waals surface area contributed by atoms with E-state index in [1.807, 2.05) is 11.9 Å². The summed E-state index contributed by atoms with van der Waals surface area (Å²) in [6.07, 6.45) is 12.4. The second-order valence-corrected chi connectivity index (χ2v) is 6.38. The van der Waals surface area contributed by atoms with Crippen LogP contribution in [-0.2, 0) is 4.79 Å². The van der Waals surface area contributed by atoms with Crippen molar-refractivity contribution in [1.82, 2.24) is 10.2 Å². The predicted octanol–water partition coefficient (Wildman–Crippen LogP) is 2.95. The molecule has 3 heteroatoms. The Balaban J connectivity index is 1.62. The summed E-state index contributed by atoms with van der Waals surface area (Å²) in [6, 6.07) is 0.475. The van der Waals surface area contributed by atoms with Crippen molar-refractivity contribution in [2.75, 3.05) is 20.1 Å². The van der Waals surface area contributed by atoms with Crippen molar-refractivity contribution in [1.29, 1.82) is 0 Å². The Morgan fingerprint density at radius 1 is 1.11 bits per heavy atom. The third-order valence-corrected chi connectivity index (χ3v) is 4.98. The van der Waals surface area contributed by atoms with Gasteiger partial charge in [0, 0.05) is 19.5 Å². The zero-order valence-electron chi connectivity index (χ0n) is 12.5. The number of hydrogen-bond donors (Lipinski definition) is 1. The van der Waals surface area contributed by atoms with Gasteiger partial charge in [-0.15, -0.1) is 0 Å². The zero-order chi connectivity index (χ0) is 13.5. The minimum atomic E-state index is 0.364. The molecule has 1 heterocycles. The molecule has 0 aromatic carbocycles. The van der Waals surface area contributed by atoms with Gasteiger partial charge >= 0.3 is 0 Å². The molecular weight excluding hydrogens is 236 g/mol. The molecule has 1 aliphatic heterocycles. The Morgan fingerprint density at radius 3 is 2.47 bits per heavy atom. The zero-order valence-corrected chi connectivity index (χ0v) is 12.5. The van der Waals surface area contributed by atoms with Crippen molar-refractivity contribution >= 4 is 5.91 Å². The van der Waals surface area contributed by atoms with Gasteiger partial charge in [0.2, 0.25) is 5.91 Å². The largest absolute Gasteiger partial charge is 0.343 e. The topological polar surface area (TPSA) is 32.3 Å². The van der Waals surface area contributed by atoms with E-state index in [-0.39, 0.29) is 0 Å². The van der Waals surface area contributed by atoms with E-state index in [0.29, 0.717) is 11.9 Å². The normalized spacial score (nSPS) is 22.4. The van der Waals surface area contributed by atoms with Gasteiger partial charge in [0.05, 0.1) is 0 Å². The summed E-state index contributed by atoms with van der Waals surface area (Å²) in [5.41, 5.74) is 0. The maximum Gasteiger partial charge on any atom is 0.222 e. The lowest BCUT2D eigenvalue weighted by atomic mass is 9.86. The molecule has 0 atom stereocenters. The van der Waals surface area contributed by atoms with Crippen LogP contribution in [-0.4, -0.2) is 37.0 Å². The van der Waals surface area contributed by atoms with Gasteiger partial charge in [-0.25, -0.2) is 0 Å². The van der Waals surface area contributed by atoms with Gasteiger partial charge in [-0.05, 0) is 44.7 Å². The van der Waals surface area contributed by atoms with Crippen molar-refractivity contribution < 1.29 is 4.79 Å². The summed E-state index contributed by atoms with van der Waals surface area (Å²) in [5.74, 6) is 1.27. The quantitative estimate of drug-likeness (QED) is 0.830. The van der Waals surface area contributed by atoms with Crippen LogP contribution in [0.2, 0.25) is 0 Å². The molecule has 0 aromatic heterocycles. The summed E-state index contributed by atoms with van der Waals surface area (Å²) < 4.78 is 0. The number of nitrogens with zero attached hydrogens (tertiary/aromatic N) is 1. The fourth-order valence-corrected chi connectivity index (χ4v) is 3.59. The number of nitrogens with one attached hydrogen (secondary N) is 1. The van der Waals surface area contributed by atoms with E-state index in [0.717, 1.165) is 44.7 Å². The third kappa shape index (κ3) is 4.79. The lowest BCUT2D eigenvalue weighted by molar-refractivity contribution is -0.132. The van der Waals surface area contributed by atoms with Crippen molar-refractivity contribution in [3.63, 3.8) is 0 Å². The summed E-state index contributed by atoms with van der Waals surface area (Å²) in [4.78, 5) is 14.2. The number of amides is 1. The molecule has 19 heavy (non-hydrogen) atoms. The number of carbonyl (C=O) groups is 1. The SMILES string of the molecule is CN(C(=O)CCCC1CCCCC1)C1CCNCC1. The van der Waals surface area contributed by atoms with Crippen LogP contribution < -0.4 is 5.32 Å². The van der Waals surface area contributed by atoms with E-state index in [1.165, 1.54) is 38.5 Å². The van der Waals surface area contributed by atoms with Crippen molar-refractivity contribution in [2.24, 2.45) is 5.92 Å². The van der Waals surface area contributed by atoms with Gasteiger partial charge in [-0.1, -0.05) is 32.1 Å². The Labute approximate surface area is 118 Å². The first kappa shape index (κ1) is 14.8. The molecule has 0 spiro atoms. The highest BCUT2D eigenvalue weighted by Gasteiger charge is 2.21. The molecule has 2 aliphatic rings. The van der Waals surface area contributed by atoms with Gasteiger partial charge in [-0.2, -0.15) is 0 Å². The van der Waals surface area contributed by atoms with E-state index in [1.54, 1.807) is 0 Å². The smallest absolute Gasteiger partial charge is 0.222 e. The van der Waals surface area contributed by atoms with Crippen molar-refractivity contribution in [3.8, 4) is 0 Å². The van der Waals surface area contributed by atoms with Crippen LogP contribution in [0, 0.1) is 5.92 Å². The molecule has 1 N–H and O–H groups in total. The molecule has 3 nitrogen and oxygen atoms in total. The summed E-state index contributed by atoms with van der Waals surface area (Å²) in [7, 11) is 2.00. The lowest BCUT2D eigenvalue weighted by Gasteiger charge is -2.32. The number of carbonyl (C=O) groups excluding carboxylic acids is 1. The number of hydrogen-bond acceptors (Lipinski definition) is 2. The Kier molecular flexibility index (Phi) is 6.15. The van der Waals surface area contributed by atoms with E-state index in [4.69, 9.17) is 0 Å². The van der Waals surface area contributed by atoms with E-state index in [9.17, 15) is 4.79 Å². The van der Waals surface area contributed by atoms with E-state index < -0.39 is 0 Å². The van der Waals surface area contributed by atoms with Gasteiger partial charge in [0.1, 0.15) is 0 Å². The Morgan fingerprint density at radius 2 is 1.79 bits per heavy atom. The van der Waals surface area contributed by atoms with Gasteiger partial charge in [0.15, 0.2) is 0 Å². The predicted molar refractivity (Wildman–Crippen MR) is 79.1 cm³/mol. The molecule has 1 saturated carbocycles. The Bertz CT molecular complexity index is 268. The monoisotopic (exact) mass is 266 g/mol. The average molecular weight is 266 g/mol. The molecule has 2 rings (SSSR count). The van der Waals surface area contributed by atoms with Crippen molar-refractivity contribution in [3.05, 3.63) is 0 Å². The van der Waals surface area contributed by atoms with Crippen LogP contribution in [0.15, 0.2) is 0 Å². The summed E-state index contributed by atoms with van der Waals surface area (Å²) in [6.45, 7) is 2.12. The summed E-state index contributed by atoms with van der Waals surface area (Å²) >= 11 is 0. The third-order valence-electron chi connectivity index (χ3n) is 4.98. The molecule has 1 saturated heterocycles. The summed E-state index contributed by atoms with van der Waals surface area (Å²) in [5, 5.41) is 3.36. The first-order valence-corrected chi connectivity index (χ1v) is 8.24. The Hall–Kier alpha value is -0.570. The highest BCUT2D eigenvalue weighted by atomic mass is 16.2. The minimum absolute atomic E-state index is 0.364. The molecule has 2 fully saturated rings. The molecule has 0 aromatic rings. The van der Waals surface area contributed by atoms with Crippen LogP contribution in [0.25, 0.3) is 0 Å². The highest BCUT2D eigenvalue weighted by molar-refractivity contribution is 5.76. The first-order valence-electron chi connectivity index (χ1n) is 8.24. The average Bonchev–Trinajstić information content (AvgIpc) is 2.48. The molecule has 1 amide bonds. The van der Waals surface area contributed by atoms with Crippen molar-refractivity contribution in [2.45, 2.75) is 70.3 Å². The van der Waals surface area contributed by atoms with Crippen LogP contribution in [0.4, 0.5) is 0 Å². The first-order chi connectivity index (χ1) is 9.27. The van der Waals surface area contributed by atoms with Crippen LogP contribution in [0.1, 0.15) is 64.2 Å². The number of rotatable bonds is 5. The molecule has 0 unspecified atom stereocenters. The molecule has 0 bridgehead atoms. The minimum Gasteiger partial charge on any atom is -0.343 e. The van der Waals surface area contributed by atoms with E-state index in [2.05, 4.69) is 5.32 Å². The second-order valence-electron chi connectivity index (χ2n) is 6.38. The fourth-order valence-electron chi connectivity index (χ4n) is 3.59. The molecule has 0 radical (unpaired) electrons.